The van der Waals surface area contributed by atoms with E-state index in [4.69, 9.17) is 0 Å². The Bertz CT molecular complexity index is 3420. The lowest BCUT2D eigenvalue weighted by atomic mass is 10.0. The van der Waals surface area contributed by atoms with E-state index in [1.54, 1.807) is 0 Å². The molecule has 0 amide bonds. The highest BCUT2D eigenvalue weighted by molar-refractivity contribution is 6.00. The van der Waals surface area contributed by atoms with Crippen molar-refractivity contribution in [2.24, 2.45) is 0 Å². The van der Waals surface area contributed by atoms with Crippen LogP contribution >= 0.6 is 0 Å². The number of fused-ring (bicyclic) bond motifs is 9. The molecule has 0 saturated carbocycles. The molecule has 428 valence electrons. The third-order valence-corrected chi connectivity index (χ3v) is 14.6. The molecule has 1 aliphatic heterocycles. The first kappa shape index (κ1) is 59.1. The highest BCUT2D eigenvalue weighted by Gasteiger charge is 2.33. The van der Waals surface area contributed by atoms with Gasteiger partial charge in [0.05, 0.1) is 39.1 Å². The molecule has 80 heavy (non-hydrogen) atoms. The van der Waals surface area contributed by atoms with E-state index in [1.807, 2.05) is 20.8 Å². The number of H-pyrrole nitrogens is 3. The van der Waals surface area contributed by atoms with E-state index in [0.29, 0.717) is 38.5 Å². The topological polar surface area (TPSA) is 96.3 Å². The fourth-order valence-electron chi connectivity index (χ4n) is 10.3. The molecule has 3 aromatic carbocycles. The molecule has 6 N–H and O–H groups in total. The summed E-state index contributed by atoms with van der Waals surface area (Å²) >= 11 is 0. The molecule has 0 aliphatic carbocycles. The van der Waals surface area contributed by atoms with Gasteiger partial charge in [0.1, 0.15) is 17.1 Å². The van der Waals surface area contributed by atoms with Crippen molar-refractivity contribution in [3.63, 3.8) is 0 Å². The Balaban J connectivity index is 1.37. The van der Waals surface area contributed by atoms with Crippen molar-refractivity contribution < 1.29 is 52.7 Å². The van der Waals surface area contributed by atoms with Crippen LogP contribution in [0.4, 0.5) is 69.7 Å². The van der Waals surface area contributed by atoms with Gasteiger partial charge in [-0.15, -0.1) is 0 Å². The minimum absolute atomic E-state index is 0.0163. The van der Waals surface area contributed by atoms with Gasteiger partial charge in [0.25, 0.3) is 0 Å². The third-order valence-electron chi connectivity index (χ3n) is 14.6. The maximum atomic E-state index is 16.9. The summed E-state index contributed by atoms with van der Waals surface area (Å²) in [5.41, 5.74) is -11.1. The number of benzene rings is 3. The van der Waals surface area contributed by atoms with Crippen LogP contribution in [0.2, 0.25) is 0 Å². The van der Waals surface area contributed by atoms with Crippen LogP contribution in [0.5, 0.6) is 0 Å². The van der Waals surface area contributed by atoms with Crippen molar-refractivity contribution >= 4 is 62.3 Å². The number of hydrogen-bond donors (Lipinski definition) is 6. The highest BCUT2D eigenvalue weighted by Crippen LogP contribution is 2.44. The molecule has 4 aromatic heterocycles. The summed E-state index contributed by atoms with van der Waals surface area (Å²) in [6.07, 6.45) is 16.7. The Kier molecular flexibility index (Phi) is 19.9. The number of aromatic amines is 3. The van der Waals surface area contributed by atoms with Crippen molar-refractivity contribution in [2.75, 3.05) is 35.6 Å². The Hall–Kier alpha value is -7.05. The van der Waals surface area contributed by atoms with E-state index in [0.717, 1.165) is 101 Å². The van der Waals surface area contributed by atoms with E-state index in [1.165, 1.54) is 24.3 Å². The highest BCUT2D eigenvalue weighted by atomic mass is 19.2. The van der Waals surface area contributed by atoms with Crippen molar-refractivity contribution in [3.8, 4) is 33.4 Å². The minimum atomic E-state index is -1.94. The summed E-state index contributed by atoms with van der Waals surface area (Å²) in [6.45, 7) is 6.03. The molecule has 0 atom stereocenters. The van der Waals surface area contributed by atoms with Gasteiger partial charge in [0.2, 0.25) is 0 Å². The van der Waals surface area contributed by atoms with Crippen molar-refractivity contribution in [1.82, 2.24) is 19.9 Å². The van der Waals surface area contributed by atoms with E-state index in [9.17, 15) is 0 Å². The van der Waals surface area contributed by atoms with Crippen LogP contribution in [-0.4, -0.2) is 39.6 Å². The van der Waals surface area contributed by atoms with Crippen LogP contribution in [0.15, 0.2) is 36.4 Å². The smallest absolute Gasteiger partial charge is 0.185 e. The van der Waals surface area contributed by atoms with E-state index in [2.05, 4.69) is 35.9 Å². The SMILES string of the molecule is CCCCCCCCNc1c(F)c(F)c(-c2c3nc(c(-c4c(F)c(F)c(NCCCCCCCC)c(F)c4F)c4ccc([nH]4)c4ccc([nH]4)c(-c4c(F)c(F)c(NCCCCCCCC)c(F)c4F)c4ccc2[nH]4)C=C3)c(F)c1F. The van der Waals surface area contributed by atoms with Gasteiger partial charge in [-0.2, -0.15) is 0 Å². The van der Waals surface area contributed by atoms with Gasteiger partial charge in [-0.3, -0.25) is 0 Å². The molecule has 0 fully saturated rings. The zero-order valence-electron chi connectivity index (χ0n) is 45.0. The Morgan fingerprint density at radius 3 is 0.825 bits per heavy atom. The van der Waals surface area contributed by atoms with Crippen LogP contribution in [0.1, 0.15) is 148 Å². The van der Waals surface area contributed by atoms with E-state index in [-0.39, 0.29) is 47.2 Å². The molecule has 19 heteroatoms. The second-order valence-electron chi connectivity index (χ2n) is 20.3. The number of rotatable bonds is 27. The molecule has 0 radical (unpaired) electrons. The quantitative estimate of drug-likeness (QED) is 0.0176. The molecule has 5 heterocycles. The van der Waals surface area contributed by atoms with Crippen LogP contribution in [0.3, 0.4) is 0 Å². The standard InChI is InChI=1S/C61H65F12N7/c1-4-7-10-13-16-19-30-74-59-53(68)47(62)44(48(63)54(59)69)41-35-24-22-33(77-35)34-23-25-36(78-34)42(45-49(64)55(70)60(56(71)50(45)65)75-31-20-17-14-11-8-5-2)38-27-29-40(80-38)43(39-28-26-37(41)79-39)46-51(66)57(72)61(58(73)52(46)67)76-32-21-18-15-12-9-6-3/h22-29,74-79H,4-21,30-32H2,1-3H3. The Morgan fingerprint density at radius 1 is 0.287 bits per heavy atom. The van der Waals surface area contributed by atoms with Gasteiger partial charge in [-0.05, 0) is 67.8 Å². The lowest BCUT2D eigenvalue weighted by Gasteiger charge is -2.15. The van der Waals surface area contributed by atoms with E-state index < -0.39 is 137 Å². The van der Waals surface area contributed by atoms with Gasteiger partial charge in [0.15, 0.2) is 69.8 Å². The van der Waals surface area contributed by atoms with Gasteiger partial charge >= 0.3 is 0 Å². The monoisotopic (exact) mass is 1120 g/mol. The molecule has 8 bridgehead atoms. The number of nitrogens with zero attached hydrogens (tertiary/aromatic N) is 1. The van der Waals surface area contributed by atoms with Gasteiger partial charge in [-0.1, -0.05) is 117 Å². The first-order valence-electron chi connectivity index (χ1n) is 27.8. The maximum Gasteiger partial charge on any atom is 0.185 e. The summed E-state index contributed by atoms with van der Waals surface area (Å²) in [4.78, 5) is 13.1. The van der Waals surface area contributed by atoms with Crippen molar-refractivity contribution in [3.05, 3.63) is 118 Å². The van der Waals surface area contributed by atoms with Crippen LogP contribution in [0, 0.1) is 69.8 Å². The Morgan fingerprint density at radius 2 is 0.525 bits per heavy atom. The largest absolute Gasteiger partial charge is 0.380 e. The number of aromatic nitrogens is 4. The number of halogens is 12. The van der Waals surface area contributed by atoms with Crippen LogP contribution in [-0.2, 0) is 0 Å². The molecule has 0 spiro atoms. The zero-order chi connectivity index (χ0) is 57.2. The zero-order valence-corrected chi connectivity index (χ0v) is 45.0. The van der Waals surface area contributed by atoms with Crippen molar-refractivity contribution in [1.29, 1.82) is 0 Å². The molecule has 1 aliphatic rings. The first-order valence-corrected chi connectivity index (χ1v) is 27.8. The molecule has 7 aromatic rings. The first-order chi connectivity index (χ1) is 38.6. The molecule has 7 nitrogen and oxygen atoms in total. The minimum Gasteiger partial charge on any atom is -0.380 e. The lowest BCUT2D eigenvalue weighted by Crippen LogP contribution is -2.11. The molecule has 8 rings (SSSR count). The Labute approximate surface area is 456 Å². The second-order valence-corrected chi connectivity index (χ2v) is 20.3. The lowest BCUT2D eigenvalue weighted by molar-refractivity contribution is 0.462. The summed E-state index contributed by atoms with van der Waals surface area (Å²) in [6, 6.07) is 7.50. The normalized spacial score (nSPS) is 11.9. The van der Waals surface area contributed by atoms with Crippen molar-refractivity contribution in [2.45, 2.75) is 136 Å². The number of nitrogens with one attached hydrogen (secondary N) is 6. The molecular weight excluding hydrogens is 1060 g/mol. The van der Waals surface area contributed by atoms with Gasteiger partial charge in [0, 0.05) is 58.4 Å². The number of anilines is 3. The summed E-state index contributed by atoms with van der Waals surface area (Å²) in [5.74, 6) is -22.0. The summed E-state index contributed by atoms with van der Waals surface area (Å²) in [5, 5.41) is 7.41. The predicted octanol–water partition coefficient (Wildman–Crippen LogP) is 19.7. The predicted molar refractivity (Wildman–Crippen MR) is 297 cm³/mol. The fraction of sp³-hybridized carbons (Fsp3) is 0.393. The van der Waals surface area contributed by atoms with Crippen LogP contribution in [0.25, 0.3) is 78.6 Å². The fourth-order valence-corrected chi connectivity index (χ4v) is 10.3. The van der Waals surface area contributed by atoms with Gasteiger partial charge in [-0.25, -0.2) is 57.7 Å². The maximum absolute atomic E-state index is 16.9. The summed E-state index contributed by atoms with van der Waals surface area (Å²) < 4.78 is 198. The van der Waals surface area contributed by atoms with Crippen LogP contribution < -0.4 is 16.0 Å². The molecular formula is C61H65F12N7. The van der Waals surface area contributed by atoms with E-state index >= 15 is 52.7 Å². The summed E-state index contributed by atoms with van der Waals surface area (Å²) in [7, 11) is 0. The molecule has 0 unspecified atom stereocenters. The number of hydrogen-bond acceptors (Lipinski definition) is 4. The second kappa shape index (κ2) is 26.9. The van der Waals surface area contributed by atoms with Gasteiger partial charge < -0.3 is 30.9 Å². The third kappa shape index (κ3) is 12.3. The average molecular weight is 1120 g/mol. The molecule has 0 saturated heterocycles. The number of unbranched alkanes of at least 4 members (excludes halogenated alkanes) is 15. The average Bonchev–Trinajstić information content (AvgIpc) is 4.35.